The number of fused-ring (bicyclic) bond motifs is 2. The Bertz CT molecular complexity index is 80.5. The molecule has 2 saturated heterocycles. The molecular formula is C6H10NO. The molecule has 1 N–H and O–H groups in total. The van der Waals surface area contributed by atoms with Crippen molar-refractivity contribution in [1.82, 2.24) is 5.32 Å². The van der Waals surface area contributed by atoms with E-state index in [0.717, 1.165) is 6.54 Å². The molecule has 2 heteroatoms. The van der Waals surface area contributed by atoms with Gasteiger partial charge in [-0.05, 0) is 19.3 Å². The van der Waals surface area contributed by atoms with Crippen LogP contribution in [0, 0.1) is 6.10 Å². The molecule has 2 aliphatic heterocycles. The Labute approximate surface area is 49.2 Å². The Hall–Kier alpha value is -0.0800. The van der Waals surface area contributed by atoms with Crippen molar-refractivity contribution in [1.29, 1.82) is 0 Å². The third kappa shape index (κ3) is 0.644. The van der Waals surface area contributed by atoms with Crippen LogP contribution in [0.1, 0.15) is 19.3 Å². The molecule has 0 aliphatic carbocycles. The predicted molar refractivity (Wildman–Crippen MR) is 30.0 cm³/mol. The topological polar surface area (TPSA) is 21.3 Å². The average molecular weight is 112 g/mol. The zero-order valence-corrected chi connectivity index (χ0v) is 4.81. The lowest BCUT2D eigenvalue weighted by Gasteiger charge is -2.16. The van der Waals surface area contributed by atoms with Crippen molar-refractivity contribution in [3.63, 3.8) is 0 Å². The van der Waals surface area contributed by atoms with Gasteiger partial charge in [-0.1, -0.05) is 0 Å². The SMILES string of the molecule is C1C[C]2CNC(C1)O2. The van der Waals surface area contributed by atoms with E-state index in [1.807, 2.05) is 0 Å². The molecule has 2 heterocycles. The fourth-order valence-electron chi connectivity index (χ4n) is 1.31. The Morgan fingerprint density at radius 2 is 2.62 bits per heavy atom. The van der Waals surface area contributed by atoms with Gasteiger partial charge in [-0.3, -0.25) is 5.32 Å². The monoisotopic (exact) mass is 112 g/mol. The van der Waals surface area contributed by atoms with Crippen LogP contribution in [0.15, 0.2) is 0 Å². The van der Waals surface area contributed by atoms with Crippen LogP contribution in [0.4, 0.5) is 0 Å². The van der Waals surface area contributed by atoms with Crippen LogP contribution in [0.5, 0.6) is 0 Å². The largest absolute Gasteiger partial charge is 0.353 e. The highest BCUT2D eigenvalue weighted by Crippen LogP contribution is 2.26. The average Bonchev–Trinajstić information content (AvgIpc) is 2.12. The second-order valence-electron chi connectivity index (χ2n) is 2.42. The molecule has 0 spiro atoms. The van der Waals surface area contributed by atoms with Gasteiger partial charge in [0.05, 0.1) is 0 Å². The summed E-state index contributed by atoms with van der Waals surface area (Å²) in [6.45, 7) is 1.00. The molecule has 2 aliphatic rings. The molecule has 2 rings (SSSR count). The van der Waals surface area contributed by atoms with Crippen molar-refractivity contribution in [2.24, 2.45) is 0 Å². The lowest BCUT2D eigenvalue weighted by atomic mass is 10.1. The summed E-state index contributed by atoms with van der Waals surface area (Å²) in [6, 6.07) is 0. The lowest BCUT2D eigenvalue weighted by molar-refractivity contribution is 0.0623. The van der Waals surface area contributed by atoms with Crippen molar-refractivity contribution >= 4 is 0 Å². The van der Waals surface area contributed by atoms with Crippen molar-refractivity contribution in [2.45, 2.75) is 25.5 Å². The second kappa shape index (κ2) is 1.71. The van der Waals surface area contributed by atoms with E-state index < -0.39 is 0 Å². The van der Waals surface area contributed by atoms with Gasteiger partial charge in [0.15, 0.2) is 0 Å². The Kier molecular flexibility index (Phi) is 1.02. The molecule has 1 radical (unpaired) electrons. The Morgan fingerprint density at radius 1 is 1.62 bits per heavy atom. The Morgan fingerprint density at radius 3 is 3.38 bits per heavy atom. The maximum atomic E-state index is 5.40. The summed E-state index contributed by atoms with van der Waals surface area (Å²) in [5.41, 5.74) is 0. The van der Waals surface area contributed by atoms with Crippen molar-refractivity contribution < 1.29 is 4.74 Å². The summed E-state index contributed by atoms with van der Waals surface area (Å²) in [5, 5.41) is 3.26. The van der Waals surface area contributed by atoms with E-state index in [1.165, 1.54) is 25.4 Å². The number of hydrogen-bond acceptors (Lipinski definition) is 2. The molecule has 45 valence electrons. The van der Waals surface area contributed by atoms with E-state index >= 15 is 0 Å². The number of ether oxygens (including phenoxy) is 1. The summed E-state index contributed by atoms with van der Waals surface area (Å²) in [5.74, 6) is 0. The molecule has 0 aromatic carbocycles. The van der Waals surface area contributed by atoms with Crippen molar-refractivity contribution in [2.75, 3.05) is 6.54 Å². The zero-order valence-electron chi connectivity index (χ0n) is 4.81. The van der Waals surface area contributed by atoms with Gasteiger partial charge in [0, 0.05) is 6.54 Å². The standard InChI is InChI=1S/C6H10NO/c1-2-5-4-7-6(3-1)8-5/h6-7H,1-4H2. The first-order chi connectivity index (χ1) is 3.95. The first-order valence-corrected chi connectivity index (χ1v) is 3.20. The molecule has 0 aromatic rings. The molecule has 2 bridgehead atoms. The number of nitrogens with one attached hydrogen (secondary N) is 1. The normalized spacial score (nSPS) is 38.2. The maximum Gasteiger partial charge on any atom is 0.113 e. The number of hydrogen-bond donors (Lipinski definition) is 1. The second-order valence-corrected chi connectivity index (χ2v) is 2.42. The summed E-state index contributed by atoms with van der Waals surface area (Å²) >= 11 is 0. The minimum absolute atomic E-state index is 0.374. The molecule has 0 saturated carbocycles. The van der Waals surface area contributed by atoms with E-state index in [-0.39, 0.29) is 0 Å². The van der Waals surface area contributed by atoms with Crippen LogP contribution in [0.25, 0.3) is 0 Å². The van der Waals surface area contributed by atoms with E-state index in [1.54, 1.807) is 0 Å². The molecular weight excluding hydrogens is 102 g/mol. The van der Waals surface area contributed by atoms with Gasteiger partial charge in [-0.2, -0.15) is 0 Å². The van der Waals surface area contributed by atoms with Gasteiger partial charge in [-0.25, -0.2) is 0 Å². The molecule has 2 nitrogen and oxygen atoms in total. The van der Waals surface area contributed by atoms with Crippen molar-refractivity contribution in [3.8, 4) is 0 Å². The van der Waals surface area contributed by atoms with E-state index in [4.69, 9.17) is 4.74 Å². The molecule has 0 aromatic heterocycles. The van der Waals surface area contributed by atoms with Gasteiger partial charge in [0.2, 0.25) is 0 Å². The van der Waals surface area contributed by atoms with Gasteiger partial charge >= 0.3 is 0 Å². The quantitative estimate of drug-likeness (QED) is 0.496. The van der Waals surface area contributed by atoms with Crippen LogP contribution in [0.2, 0.25) is 0 Å². The lowest BCUT2D eigenvalue weighted by Crippen LogP contribution is -2.22. The van der Waals surface area contributed by atoms with Crippen LogP contribution < -0.4 is 5.32 Å². The summed E-state index contributed by atoms with van der Waals surface area (Å²) in [6.07, 6.45) is 5.33. The van der Waals surface area contributed by atoms with Crippen LogP contribution in [-0.4, -0.2) is 12.8 Å². The Balaban J connectivity index is 2.03. The van der Waals surface area contributed by atoms with Gasteiger partial charge in [0.1, 0.15) is 12.3 Å². The van der Waals surface area contributed by atoms with Crippen LogP contribution in [0.3, 0.4) is 0 Å². The van der Waals surface area contributed by atoms with Crippen LogP contribution >= 0.6 is 0 Å². The first-order valence-electron chi connectivity index (χ1n) is 3.20. The molecule has 1 atom stereocenters. The fourth-order valence-corrected chi connectivity index (χ4v) is 1.31. The minimum Gasteiger partial charge on any atom is -0.353 e. The third-order valence-electron chi connectivity index (χ3n) is 1.76. The van der Waals surface area contributed by atoms with Crippen molar-refractivity contribution in [3.05, 3.63) is 6.10 Å². The van der Waals surface area contributed by atoms with E-state index in [2.05, 4.69) is 5.32 Å². The fraction of sp³-hybridized carbons (Fsp3) is 0.833. The zero-order chi connectivity index (χ0) is 5.40. The highest BCUT2D eigenvalue weighted by atomic mass is 16.5. The molecule has 8 heavy (non-hydrogen) atoms. The number of rotatable bonds is 0. The van der Waals surface area contributed by atoms with Gasteiger partial charge in [-0.15, -0.1) is 0 Å². The summed E-state index contributed by atoms with van der Waals surface area (Å²) in [7, 11) is 0. The van der Waals surface area contributed by atoms with Crippen LogP contribution in [-0.2, 0) is 4.74 Å². The highest BCUT2D eigenvalue weighted by molar-refractivity contribution is 4.92. The minimum atomic E-state index is 0.374. The van der Waals surface area contributed by atoms with E-state index in [0.29, 0.717) is 6.23 Å². The maximum absolute atomic E-state index is 5.40. The van der Waals surface area contributed by atoms with E-state index in [9.17, 15) is 0 Å². The highest BCUT2D eigenvalue weighted by Gasteiger charge is 2.28. The molecule has 1 unspecified atom stereocenters. The predicted octanol–water partition coefficient (Wildman–Crippen LogP) is 0.648. The summed E-state index contributed by atoms with van der Waals surface area (Å²) < 4.78 is 5.40. The van der Waals surface area contributed by atoms with Gasteiger partial charge in [0.25, 0.3) is 0 Å². The first kappa shape index (κ1) is 4.77. The third-order valence-corrected chi connectivity index (χ3v) is 1.76. The summed E-state index contributed by atoms with van der Waals surface area (Å²) in [4.78, 5) is 0. The molecule has 2 fully saturated rings. The molecule has 0 amide bonds. The van der Waals surface area contributed by atoms with Gasteiger partial charge < -0.3 is 4.74 Å². The smallest absolute Gasteiger partial charge is 0.113 e.